The summed E-state index contributed by atoms with van der Waals surface area (Å²) in [6.07, 6.45) is 1.77. The van der Waals surface area contributed by atoms with E-state index in [1.54, 1.807) is 11.1 Å². The van der Waals surface area contributed by atoms with Gasteiger partial charge in [-0.25, -0.2) is 0 Å². The number of carbonyl (C=O) groups is 1. The number of aryl methyl sites for hydroxylation is 1. The molecule has 94 valence electrons. The lowest BCUT2D eigenvalue weighted by molar-refractivity contribution is -0.130. The molecule has 1 aromatic rings. The molecule has 1 amide bonds. The molecule has 1 aromatic heterocycles. The molecular weight excluding hydrogens is 214 g/mol. The van der Waals surface area contributed by atoms with Crippen LogP contribution >= 0.6 is 0 Å². The number of aromatic nitrogens is 1. The fourth-order valence-electron chi connectivity index (χ4n) is 1.40. The van der Waals surface area contributed by atoms with Gasteiger partial charge in [-0.2, -0.15) is 0 Å². The second-order valence-electron chi connectivity index (χ2n) is 4.47. The van der Waals surface area contributed by atoms with Crippen LogP contribution in [-0.2, 0) is 11.3 Å². The van der Waals surface area contributed by atoms with Crippen LogP contribution < -0.4 is 5.32 Å². The summed E-state index contributed by atoms with van der Waals surface area (Å²) in [5, 5.41) is 3.12. The maximum atomic E-state index is 11.7. The largest absolute Gasteiger partial charge is 0.342 e. The van der Waals surface area contributed by atoms with Crippen LogP contribution in [0.4, 0.5) is 0 Å². The fourth-order valence-corrected chi connectivity index (χ4v) is 1.40. The molecule has 17 heavy (non-hydrogen) atoms. The van der Waals surface area contributed by atoms with Crippen molar-refractivity contribution in [1.29, 1.82) is 0 Å². The number of amides is 1. The molecule has 4 heteroatoms. The standard InChI is InChI=1S/C13H21N3O/c1-10(2)16(4)13(17)9-14-8-12-11(3)6-5-7-15-12/h5-7,10,14H,8-9H2,1-4H3. The number of hydrogen-bond acceptors (Lipinski definition) is 3. The van der Waals surface area contributed by atoms with Gasteiger partial charge >= 0.3 is 0 Å². The van der Waals surface area contributed by atoms with E-state index in [4.69, 9.17) is 0 Å². The Labute approximate surface area is 103 Å². The molecule has 0 aliphatic carbocycles. The van der Waals surface area contributed by atoms with Crippen molar-refractivity contribution in [2.75, 3.05) is 13.6 Å². The molecule has 0 saturated carbocycles. The second-order valence-corrected chi connectivity index (χ2v) is 4.47. The minimum absolute atomic E-state index is 0.105. The zero-order valence-electron chi connectivity index (χ0n) is 11.0. The summed E-state index contributed by atoms with van der Waals surface area (Å²) in [5.41, 5.74) is 2.14. The molecule has 0 bridgehead atoms. The van der Waals surface area contributed by atoms with Crippen LogP contribution in [0.3, 0.4) is 0 Å². The van der Waals surface area contributed by atoms with E-state index in [2.05, 4.69) is 10.3 Å². The third kappa shape index (κ3) is 4.15. The number of rotatable bonds is 5. The lowest BCUT2D eigenvalue weighted by atomic mass is 10.2. The minimum atomic E-state index is 0.105. The molecule has 0 saturated heterocycles. The summed E-state index contributed by atoms with van der Waals surface area (Å²) in [4.78, 5) is 17.7. The van der Waals surface area contributed by atoms with Crippen molar-refractivity contribution in [1.82, 2.24) is 15.2 Å². The Morgan fingerprint density at radius 2 is 2.24 bits per heavy atom. The third-order valence-electron chi connectivity index (χ3n) is 2.85. The first-order valence-corrected chi connectivity index (χ1v) is 5.89. The molecule has 0 aliphatic heterocycles. The third-order valence-corrected chi connectivity index (χ3v) is 2.85. The molecule has 0 fully saturated rings. The van der Waals surface area contributed by atoms with Crippen molar-refractivity contribution >= 4 is 5.91 Å². The molecule has 4 nitrogen and oxygen atoms in total. The van der Waals surface area contributed by atoms with Crippen LogP contribution in [0.1, 0.15) is 25.1 Å². The van der Waals surface area contributed by atoms with Crippen LogP contribution in [0.25, 0.3) is 0 Å². The summed E-state index contributed by atoms with van der Waals surface area (Å²) >= 11 is 0. The summed E-state index contributed by atoms with van der Waals surface area (Å²) in [7, 11) is 1.82. The Bertz CT molecular complexity index is 377. The Kier molecular flexibility index (Phi) is 5.10. The molecular formula is C13H21N3O. The first kappa shape index (κ1) is 13.6. The lowest BCUT2D eigenvalue weighted by Crippen LogP contribution is -2.39. The van der Waals surface area contributed by atoms with Gasteiger partial charge in [0.2, 0.25) is 5.91 Å². The van der Waals surface area contributed by atoms with E-state index in [1.165, 1.54) is 0 Å². The molecule has 0 aromatic carbocycles. The number of nitrogens with one attached hydrogen (secondary N) is 1. The minimum Gasteiger partial charge on any atom is -0.342 e. The molecule has 1 N–H and O–H groups in total. The number of nitrogens with zero attached hydrogens (tertiary/aromatic N) is 2. The summed E-state index contributed by atoms with van der Waals surface area (Å²) in [6, 6.07) is 4.17. The number of hydrogen-bond donors (Lipinski definition) is 1. The van der Waals surface area contributed by atoms with E-state index in [9.17, 15) is 4.79 Å². The van der Waals surface area contributed by atoms with E-state index in [0.29, 0.717) is 13.1 Å². The van der Waals surface area contributed by atoms with Gasteiger partial charge < -0.3 is 10.2 Å². The van der Waals surface area contributed by atoms with Gasteiger partial charge in [-0.15, -0.1) is 0 Å². The van der Waals surface area contributed by atoms with Gasteiger partial charge in [-0.05, 0) is 32.4 Å². The average Bonchev–Trinajstić information content (AvgIpc) is 2.30. The zero-order chi connectivity index (χ0) is 12.8. The second kappa shape index (κ2) is 6.35. The van der Waals surface area contributed by atoms with Gasteiger partial charge in [0, 0.05) is 25.8 Å². The highest BCUT2D eigenvalue weighted by Gasteiger charge is 2.11. The monoisotopic (exact) mass is 235 g/mol. The zero-order valence-corrected chi connectivity index (χ0v) is 11.0. The van der Waals surface area contributed by atoms with Crippen molar-refractivity contribution in [3.8, 4) is 0 Å². The molecule has 0 radical (unpaired) electrons. The maximum Gasteiger partial charge on any atom is 0.236 e. The summed E-state index contributed by atoms with van der Waals surface area (Å²) in [5.74, 6) is 0.105. The number of carbonyl (C=O) groups excluding carboxylic acids is 1. The SMILES string of the molecule is Cc1cccnc1CNCC(=O)N(C)C(C)C. The Morgan fingerprint density at radius 1 is 1.53 bits per heavy atom. The Balaban J connectivity index is 2.38. The smallest absolute Gasteiger partial charge is 0.236 e. The van der Waals surface area contributed by atoms with Gasteiger partial charge in [-0.3, -0.25) is 9.78 Å². The van der Waals surface area contributed by atoms with E-state index in [-0.39, 0.29) is 11.9 Å². The van der Waals surface area contributed by atoms with Crippen molar-refractivity contribution in [3.63, 3.8) is 0 Å². The first-order valence-electron chi connectivity index (χ1n) is 5.89. The predicted molar refractivity (Wildman–Crippen MR) is 68.6 cm³/mol. The summed E-state index contributed by atoms with van der Waals surface area (Å²) in [6.45, 7) is 7.00. The fraction of sp³-hybridized carbons (Fsp3) is 0.538. The number of likely N-dealkylation sites (N-methyl/N-ethyl adjacent to an activating group) is 1. The van der Waals surface area contributed by atoms with Crippen molar-refractivity contribution in [2.24, 2.45) is 0 Å². The highest BCUT2D eigenvalue weighted by atomic mass is 16.2. The molecule has 0 unspecified atom stereocenters. The molecule has 0 aliphatic rings. The quantitative estimate of drug-likeness (QED) is 0.838. The molecule has 0 spiro atoms. The van der Waals surface area contributed by atoms with E-state index < -0.39 is 0 Å². The number of pyridine rings is 1. The van der Waals surface area contributed by atoms with Gasteiger partial charge in [0.15, 0.2) is 0 Å². The van der Waals surface area contributed by atoms with Crippen LogP contribution in [-0.4, -0.2) is 35.4 Å². The van der Waals surface area contributed by atoms with E-state index in [0.717, 1.165) is 11.3 Å². The first-order chi connectivity index (χ1) is 8.02. The predicted octanol–water partition coefficient (Wildman–Crippen LogP) is 1.35. The topological polar surface area (TPSA) is 45.2 Å². The Morgan fingerprint density at radius 3 is 2.82 bits per heavy atom. The van der Waals surface area contributed by atoms with Crippen molar-refractivity contribution in [3.05, 3.63) is 29.6 Å². The highest BCUT2D eigenvalue weighted by molar-refractivity contribution is 5.78. The van der Waals surface area contributed by atoms with E-state index in [1.807, 2.05) is 40.0 Å². The Hall–Kier alpha value is -1.42. The molecule has 0 atom stereocenters. The van der Waals surface area contributed by atoms with Gasteiger partial charge in [0.1, 0.15) is 0 Å². The lowest BCUT2D eigenvalue weighted by Gasteiger charge is -2.21. The van der Waals surface area contributed by atoms with Crippen LogP contribution in [0.5, 0.6) is 0 Å². The van der Waals surface area contributed by atoms with Gasteiger partial charge in [-0.1, -0.05) is 6.07 Å². The van der Waals surface area contributed by atoms with Crippen LogP contribution in [0.2, 0.25) is 0 Å². The van der Waals surface area contributed by atoms with Crippen LogP contribution in [0.15, 0.2) is 18.3 Å². The maximum absolute atomic E-state index is 11.7. The van der Waals surface area contributed by atoms with Crippen molar-refractivity contribution < 1.29 is 4.79 Å². The van der Waals surface area contributed by atoms with Gasteiger partial charge in [0.25, 0.3) is 0 Å². The normalized spacial score (nSPS) is 10.6. The van der Waals surface area contributed by atoms with E-state index >= 15 is 0 Å². The molecule has 1 rings (SSSR count). The average molecular weight is 235 g/mol. The summed E-state index contributed by atoms with van der Waals surface area (Å²) < 4.78 is 0. The van der Waals surface area contributed by atoms with Crippen molar-refractivity contribution in [2.45, 2.75) is 33.4 Å². The van der Waals surface area contributed by atoms with Crippen LogP contribution in [0, 0.1) is 6.92 Å². The van der Waals surface area contributed by atoms with Gasteiger partial charge in [0.05, 0.1) is 12.2 Å². The highest BCUT2D eigenvalue weighted by Crippen LogP contribution is 2.02. The molecule has 1 heterocycles.